The molecule has 1 radical (unpaired) electrons. The maximum Gasteiger partial charge on any atom is 0.197 e. The van der Waals surface area contributed by atoms with Crippen molar-refractivity contribution in [2.45, 2.75) is 52.4 Å². The SMILES string of the molecule is Cc1ccccc1N1c2c(C)cccc2[B]c2c(-c3cccc4c3[nH]c3ccc5ccccc5c34)cc3c(c21)C1=C(C=CCCC1)C3(C)C. The monoisotopic (exact) mass is 629 g/mol. The van der Waals surface area contributed by atoms with Crippen LogP contribution < -0.4 is 15.8 Å². The third-order valence-corrected chi connectivity index (χ3v) is 11.6. The van der Waals surface area contributed by atoms with Gasteiger partial charge in [-0.1, -0.05) is 116 Å². The van der Waals surface area contributed by atoms with Crippen molar-refractivity contribution in [3.05, 3.63) is 143 Å². The zero-order valence-electron chi connectivity index (χ0n) is 28.6. The molecule has 1 aliphatic heterocycles. The summed E-state index contributed by atoms with van der Waals surface area (Å²) in [6.45, 7) is 9.42. The maximum absolute atomic E-state index is 3.92. The smallest absolute Gasteiger partial charge is 0.197 e. The Hall–Kier alpha value is -5.28. The Labute approximate surface area is 289 Å². The van der Waals surface area contributed by atoms with Gasteiger partial charge in [0, 0.05) is 49.9 Å². The highest BCUT2D eigenvalue weighted by atomic mass is 15.2. The van der Waals surface area contributed by atoms with Crippen molar-refractivity contribution < 1.29 is 0 Å². The summed E-state index contributed by atoms with van der Waals surface area (Å²) in [5.41, 5.74) is 19.7. The summed E-state index contributed by atoms with van der Waals surface area (Å²) in [5.74, 6) is 0. The van der Waals surface area contributed by atoms with Gasteiger partial charge in [0.1, 0.15) is 0 Å². The van der Waals surface area contributed by atoms with E-state index < -0.39 is 0 Å². The molecule has 3 heteroatoms. The molecule has 0 unspecified atom stereocenters. The summed E-state index contributed by atoms with van der Waals surface area (Å²) < 4.78 is 0. The average molecular weight is 630 g/mol. The number of hydrogen-bond donors (Lipinski definition) is 1. The first-order valence-electron chi connectivity index (χ1n) is 17.8. The van der Waals surface area contributed by atoms with Gasteiger partial charge in [0.05, 0.1) is 5.52 Å². The minimum absolute atomic E-state index is 0.122. The normalized spacial score (nSPS) is 16.0. The summed E-state index contributed by atoms with van der Waals surface area (Å²) in [6.07, 6.45) is 8.25. The lowest BCUT2D eigenvalue weighted by Gasteiger charge is -2.39. The molecule has 3 aliphatic rings. The molecule has 0 atom stereocenters. The van der Waals surface area contributed by atoms with Crippen molar-refractivity contribution in [1.82, 2.24) is 4.98 Å². The lowest BCUT2D eigenvalue weighted by atomic mass is 9.56. The average Bonchev–Trinajstić information content (AvgIpc) is 3.45. The summed E-state index contributed by atoms with van der Waals surface area (Å²) in [6, 6.07) is 38.4. The van der Waals surface area contributed by atoms with E-state index in [9.17, 15) is 0 Å². The molecule has 1 N–H and O–H groups in total. The lowest BCUT2D eigenvalue weighted by Crippen LogP contribution is -2.42. The van der Waals surface area contributed by atoms with E-state index in [4.69, 9.17) is 0 Å². The first-order valence-corrected chi connectivity index (χ1v) is 17.8. The van der Waals surface area contributed by atoms with E-state index in [0.717, 1.165) is 12.8 Å². The van der Waals surface area contributed by atoms with Gasteiger partial charge in [0.15, 0.2) is 7.28 Å². The minimum atomic E-state index is -0.122. The van der Waals surface area contributed by atoms with E-state index in [1.807, 2.05) is 0 Å². The highest BCUT2D eigenvalue weighted by Gasteiger charge is 2.43. The van der Waals surface area contributed by atoms with Gasteiger partial charge in [0.25, 0.3) is 0 Å². The molecular weight excluding hydrogens is 591 g/mol. The van der Waals surface area contributed by atoms with Crippen LogP contribution in [0.15, 0.2) is 121 Å². The van der Waals surface area contributed by atoms with Crippen molar-refractivity contribution >= 4 is 73.4 Å². The van der Waals surface area contributed by atoms with Crippen LogP contribution in [-0.4, -0.2) is 12.3 Å². The Morgan fingerprint density at radius 1 is 0.755 bits per heavy atom. The zero-order valence-corrected chi connectivity index (χ0v) is 28.6. The van der Waals surface area contributed by atoms with Crippen molar-refractivity contribution in [3.8, 4) is 11.1 Å². The molecule has 0 saturated carbocycles. The second kappa shape index (κ2) is 10.4. The molecule has 0 spiro atoms. The quantitative estimate of drug-likeness (QED) is 0.189. The first kappa shape index (κ1) is 28.7. The molecule has 0 amide bonds. The number of hydrogen-bond acceptors (Lipinski definition) is 1. The minimum Gasteiger partial charge on any atom is -0.354 e. The predicted octanol–water partition coefficient (Wildman–Crippen LogP) is 11.0. The molecular formula is C46H38BN2. The number of aromatic nitrogens is 1. The van der Waals surface area contributed by atoms with Crippen molar-refractivity contribution in [1.29, 1.82) is 0 Å². The van der Waals surface area contributed by atoms with E-state index in [2.05, 4.69) is 160 Å². The molecule has 7 aromatic rings. The third kappa shape index (κ3) is 3.96. The molecule has 0 bridgehead atoms. The Morgan fingerprint density at radius 3 is 2.45 bits per heavy atom. The van der Waals surface area contributed by atoms with Gasteiger partial charge in [-0.25, -0.2) is 0 Å². The number of benzene rings is 6. The molecule has 1 aromatic heterocycles. The van der Waals surface area contributed by atoms with Crippen LogP contribution in [0.4, 0.5) is 17.1 Å². The number of H-pyrrole nitrogens is 1. The molecule has 235 valence electrons. The van der Waals surface area contributed by atoms with Crippen LogP contribution in [0.25, 0.3) is 49.3 Å². The largest absolute Gasteiger partial charge is 0.354 e. The number of allylic oxidation sites excluding steroid dienone is 4. The predicted molar refractivity (Wildman–Crippen MR) is 211 cm³/mol. The Kier molecular flexibility index (Phi) is 6.07. The van der Waals surface area contributed by atoms with Crippen LogP contribution in [0.1, 0.15) is 55.4 Å². The van der Waals surface area contributed by atoms with E-state index in [1.165, 1.54) is 112 Å². The Balaban J connectivity index is 1.36. The summed E-state index contributed by atoms with van der Waals surface area (Å²) in [7, 11) is 2.48. The number of para-hydroxylation sites is 3. The van der Waals surface area contributed by atoms with Crippen molar-refractivity contribution in [2.24, 2.45) is 0 Å². The fourth-order valence-corrected chi connectivity index (χ4v) is 9.25. The van der Waals surface area contributed by atoms with Crippen LogP contribution in [0, 0.1) is 13.8 Å². The van der Waals surface area contributed by atoms with E-state index in [1.54, 1.807) is 0 Å². The fourth-order valence-electron chi connectivity index (χ4n) is 9.25. The molecule has 6 aromatic carbocycles. The third-order valence-electron chi connectivity index (χ3n) is 11.6. The molecule has 2 heterocycles. The van der Waals surface area contributed by atoms with Crippen LogP contribution in [0.5, 0.6) is 0 Å². The van der Waals surface area contributed by atoms with Crippen LogP contribution in [0.3, 0.4) is 0 Å². The Bertz CT molecular complexity index is 2610. The van der Waals surface area contributed by atoms with E-state index in [0.29, 0.717) is 0 Å². The van der Waals surface area contributed by atoms with Crippen LogP contribution in [-0.2, 0) is 5.41 Å². The number of nitrogens with one attached hydrogen (secondary N) is 1. The second-order valence-corrected chi connectivity index (χ2v) is 14.8. The molecule has 0 fully saturated rings. The van der Waals surface area contributed by atoms with Crippen LogP contribution in [0.2, 0.25) is 0 Å². The topological polar surface area (TPSA) is 19.0 Å². The highest BCUT2D eigenvalue weighted by molar-refractivity contribution is 6.73. The summed E-state index contributed by atoms with van der Waals surface area (Å²) in [5, 5.41) is 5.14. The fraction of sp³-hybridized carbons (Fsp3) is 0.174. The van der Waals surface area contributed by atoms with Gasteiger partial charge in [-0.3, -0.25) is 0 Å². The lowest BCUT2D eigenvalue weighted by molar-refractivity contribution is 0.654. The number of nitrogens with zero attached hydrogens (tertiary/aromatic N) is 1. The maximum atomic E-state index is 3.92. The van der Waals surface area contributed by atoms with Gasteiger partial charge in [0.2, 0.25) is 0 Å². The summed E-state index contributed by atoms with van der Waals surface area (Å²) in [4.78, 5) is 6.54. The second-order valence-electron chi connectivity index (χ2n) is 14.8. The van der Waals surface area contributed by atoms with Crippen LogP contribution >= 0.6 is 0 Å². The number of fused-ring (bicyclic) bond motifs is 10. The van der Waals surface area contributed by atoms with Gasteiger partial charge in [-0.15, -0.1) is 0 Å². The Morgan fingerprint density at radius 2 is 1.55 bits per heavy atom. The van der Waals surface area contributed by atoms with Crippen molar-refractivity contribution in [3.63, 3.8) is 0 Å². The van der Waals surface area contributed by atoms with E-state index >= 15 is 0 Å². The molecule has 10 rings (SSSR count). The molecule has 2 aliphatic carbocycles. The van der Waals surface area contributed by atoms with Gasteiger partial charge < -0.3 is 9.88 Å². The number of aromatic amines is 1. The van der Waals surface area contributed by atoms with Gasteiger partial charge in [-0.2, -0.15) is 0 Å². The summed E-state index contributed by atoms with van der Waals surface area (Å²) >= 11 is 0. The molecule has 49 heavy (non-hydrogen) atoms. The number of rotatable bonds is 2. The molecule has 2 nitrogen and oxygen atoms in total. The first-order chi connectivity index (χ1) is 23.9. The standard InChI is InChI=1S/C46H38BN2/c1-27-14-8-11-23-39(27)49-44-28(2)15-12-22-37(44)47-42-34(26-36-41(45(42)49)32-18-6-5-7-21-35(32)46(36,3)4)31-19-13-20-33-40-30-17-10-9-16-29(30)24-25-38(40)48-43(31)33/h7-17,19-26,48H,5-6,18H2,1-4H3. The van der Waals surface area contributed by atoms with E-state index in [-0.39, 0.29) is 5.41 Å². The molecule has 0 saturated heterocycles. The zero-order chi connectivity index (χ0) is 33.0. The van der Waals surface area contributed by atoms with Gasteiger partial charge >= 0.3 is 0 Å². The van der Waals surface area contributed by atoms with Gasteiger partial charge in [-0.05, 0) is 101 Å². The highest BCUT2D eigenvalue weighted by Crippen LogP contribution is 2.56. The number of anilines is 3. The number of aryl methyl sites for hydroxylation is 2. The van der Waals surface area contributed by atoms with Crippen molar-refractivity contribution in [2.75, 3.05) is 4.90 Å².